The molecular formula is C39H44N2. The van der Waals surface area contributed by atoms with Crippen molar-refractivity contribution < 1.29 is 0 Å². The molecule has 4 aromatic carbocycles. The molecule has 2 heteroatoms. The predicted octanol–water partition coefficient (Wildman–Crippen LogP) is 11.2. The van der Waals surface area contributed by atoms with Crippen molar-refractivity contribution in [1.29, 1.82) is 0 Å². The molecule has 1 N–H and O–H groups in total. The third-order valence-electron chi connectivity index (χ3n) is 8.59. The summed E-state index contributed by atoms with van der Waals surface area (Å²) in [5.74, 6) is 0. The topological polar surface area (TPSA) is 15.3 Å². The second-order valence-electron chi connectivity index (χ2n) is 11.7. The van der Waals surface area contributed by atoms with Gasteiger partial charge in [-0.3, -0.25) is 0 Å². The molecule has 0 aromatic heterocycles. The molecule has 2 nitrogen and oxygen atoms in total. The maximum Gasteiger partial charge on any atom is 0.0461 e. The Morgan fingerprint density at radius 2 is 1.12 bits per heavy atom. The van der Waals surface area contributed by atoms with Crippen LogP contribution in [0.4, 0.5) is 22.7 Å². The van der Waals surface area contributed by atoms with Gasteiger partial charge in [0.1, 0.15) is 0 Å². The molecule has 0 spiro atoms. The van der Waals surface area contributed by atoms with Gasteiger partial charge in [0.25, 0.3) is 0 Å². The lowest BCUT2D eigenvalue weighted by molar-refractivity contribution is 0.295. The van der Waals surface area contributed by atoms with Crippen molar-refractivity contribution in [3.8, 4) is 0 Å². The van der Waals surface area contributed by atoms with Gasteiger partial charge in [-0.05, 0) is 113 Å². The van der Waals surface area contributed by atoms with Crippen LogP contribution in [0.5, 0.6) is 0 Å². The smallest absolute Gasteiger partial charge is 0.0461 e. The Labute approximate surface area is 247 Å². The summed E-state index contributed by atoms with van der Waals surface area (Å²) in [4.78, 5) is 2.37. The van der Waals surface area contributed by atoms with Crippen molar-refractivity contribution in [2.24, 2.45) is 0 Å². The fourth-order valence-electron chi connectivity index (χ4n) is 6.06. The molecule has 1 aliphatic carbocycles. The van der Waals surface area contributed by atoms with E-state index in [0.29, 0.717) is 0 Å². The van der Waals surface area contributed by atoms with Crippen LogP contribution in [0, 0.1) is 20.8 Å². The average Bonchev–Trinajstić information content (AvgIpc) is 3.00. The summed E-state index contributed by atoms with van der Waals surface area (Å²) in [5, 5.41) is 3.57. The van der Waals surface area contributed by atoms with Gasteiger partial charge in [-0.2, -0.15) is 0 Å². The molecule has 0 aliphatic heterocycles. The summed E-state index contributed by atoms with van der Waals surface area (Å²) in [6.07, 6.45) is 14.3. The summed E-state index contributed by atoms with van der Waals surface area (Å²) in [6.45, 7) is 8.51. The van der Waals surface area contributed by atoms with Gasteiger partial charge in [0, 0.05) is 28.4 Å². The highest BCUT2D eigenvalue weighted by Crippen LogP contribution is 2.44. The van der Waals surface area contributed by atoms with Crippen molar-refractivity contribution >= 4 is 22.7 Å². The molecule has 0 bridgehead atoms. The van der Waals surface area contributed by atoms with Crippen molar-refractivity contribution in [3.63, 3.8) is 0 Å². The predicted molar refractivity (Wildman–Crippen MR) is 178 cm³/mol. The van der Waals surface area contributed by atoms with Crippen molar-refractivity contribution in [2.75, 3.05) is 10.2 Å². The van der Waals surface area contributed by atoms with Crippen molar-refractivity contribution in [2.45, 2.75) is 71.6 Å². The zero-order valence-electron chi connectivity index (χ0n) is 25.2. The number of hydrogen-bond donors (Lipinski definition) is 1. The molecule has 210 valence electrons. The Hall–Kier alpha value is -4.04. The molecule has 1 aliphatic rings. The number of aryl methyl sites for hydroxylation is 3. The van der Waals surface area contributed by atoms with E-state index >= 15 is 0 Å². The van der Waals surface area contributed by atoms with E-state index < -0.39 is 0 Å². The standard InChI is InChI=1S/C39H44N2/c1-5-34(40-35-19-11-30(2)12-20-35)10-9-29-39(27-7-6-8-28-39)33-17-25-38(26-18-33)41(36-21-13-31(3)14-22-36)37-23-15-32(4)16-24-37/h5,9-26,40H,6-8,27-29H2,1-4H3/b10-9-,34-5+. The van der Waals surface area contributed by atoms with Gasteiger partial charge in [0.15, 0.2) is 0 Å². The zero-order chi connectivity index (χ0) is 28.7. The Bertz CT molecular complexity index is 1410. The van der Waals surface area contributed by atoms with Crippen LogP contribution < -0.4 is 10.2 Å². The van der Waals surface area contributed by atoms with E-state index in [1.165, 1.54) is 71.4 Å². The Kier molecular flexibility index (Phi) is 9.09. The highest BCUT2D eigenvalue weighted by atomic mass is 15.1. The van der Waals surface area contributed by atoms with E-state index in [1.807, 2.05) is 0 Å². The van der Waals surface area contributed by atoms with Crippen LogP contribution >= 0.6 is 0 Å². The highest BCUT2D eigenvalue weighted by Gasteiger charge is 2.32. The number of benzene rings is 4. The van der Waals surface area contributed by atoms with Crippen LogP contribution in [0.1, 0.15) is 67.7 Å². The molecule has 4 aromatic rings. The number of rotatable bonds is 9. The summed E-state index contributed by atoms with van der Waals surface area (Å²) in [7, 11) is 0. The summed E-state index contributed by atoms with van der Waals surface area (Å²) >= 11 is 0. The molecule has 5 rings (SSSR count). The molecule has 0 unspecified atom stereocenters. The van der Waals surface area contributed by atoms with Crippen LogP contribution in [0.15, 0.2) is 121 Å². The van der Waals surface area contributed by atoms with Crippen LogP contribution in [-0.4, -0.2) is 0 Å². The SMILES string of the molecule is C/C=C(\C=C/CC1(c2ccc(N(c3ccc(C)cc3)c3ccc(C)cc3)cc2)CCCCC1)Nc1ccc(C)cc1. The summed E-state index contributed by atoms with van der Waals surface area (Å²) in [5.41, 5.74) is 11.3. The average molecular weight is 541 g/mol. The third kappa shape index (κ3) is 7.00. The quantitative estimate of drug-likeness (QED) is 0.212. The van der Waals surface area contributed by atoms with Crippen molar-refractivity contribution in [1.82, 2.24) is 0 Å². The summed E-state index contributed by atoms with van der Waals surface area (Å²) < 4.78 is 0. The van der Waals surface area contributed by atoms with Gasteiger partial charge in [-0.15, -0.1) is 0 Å². The number of anilines is 4. The van der Waals surface area contributed by atoms with Gasteiger partial charge in [-0.25, -0.2) is 0 Å². The van der Waals surface area contributed by atoms with E-state index in [4.69, 9.17) is 0 Å². The van der Waals surface area contributed by atoms with Gasteiger partial charge in [-0.1, -0.05) is 96.6 Å². The Morgan fingerprint density at radius 3 is 1.61 bits per heavy atom. The Morgan fingerprint density at radius 1 is 0.659 bits per heavy atom. The van der Waals surface area contributed by atoms with Gasteiger partial charge in [0.05, 0.1) is 0 Å². The Balaban J connectivity index is 1.39. The molecule has 1 saturated carbocycles. The first-order valence-corrected chi connectivity index (χ1v) is 15.2. The van der Waals surface area contributed by atoms with E-state index in [2.05, 4.69) is 153 Å². The van der Waals surface area contributed by atoms with Crippen LogP contribution in [-0.2, 0) is 5.41 Å². The lowest BCUT2D eigenvalue weighted by atomic mass is 9.67. The molecule has 0 saturated heterocycles. The monoisotopic (exact) mass is 540 g/mol. The minimum Gasteiger partial charge on any atom is -0.356 e. The highest BCUT2D eigenvalue weighted by molar-refractivity contribution is 5.76. The van der Waals surface area contributed by atoms with E-state index in [1.54, 1.807) is 0 Å². The second-order valence-corrected chi connectivity index (χ2v) is 11.7. The molecule has 41 heavy (non-hydrogen) atoms. The first kappa shape index (κ1) is 28.5. The van der Waals surface area contributed by atoms with Crippen LogP contribution in [0.2, 0.25) is 0 Å². The lowest BCUT2D eigenvalue weighted by Gasteiger charge is -2.38. The maximum absolute atomic E-state index is 3.57. The van der Waals surface area contributed by atoms with Crippen molar-refractivity contribution in [3.05, 3.63) is 143 Å². The molecule has 0 atom stereocenters. The first-order chi connectivity index (χ1) is 20.0. The second kappa shape index (κ2) is 13.1. The van der Waals surface area contributed by atoms with E-state index in [9.17, 15) is 0 Å². The van der Waals surface area contributed by atoms with E-state index in [0.717, 1.165) is 17.8 Å². The largest absolute Gasteiger partial charge is 0.356 e. The summed E-state index contributed by atoms with van der Waals surface area (Å²) in [6, 6.07) is 35.7. The van der Waals surface area contributed by atoms with E-state index in [-0.39, 0.29) is 5.41 Å². The fraction of sp³-hybridized carbons (Fsp3) is 0.282. The third-order valence-corrected chi connectivity index (χ3v) is 8.59. The fourth-order valence-corrected chi connectivity index (χ4v) is 6.06. The minimum atomic E-state index is 0.189. The van der Waals surface area contributed by atoms with Gasteiger partial charge < -0.3 is 10.2 Å². The molecule has 0 heterocycles. The normalized spacial score (nSPS) is 15.2. The molecule has 0 radical (unpaired) electrons. The van der Waals surface area contributed by atoms with Gasteiger partial charge in [0.2, 0.25) is 0 Å². The number of nitrogens with zero attached hydrogens (tertiary/aromatic N) is 1. The minimum absolute atomic E-state index is 0.189. The van der Waals surface area contributed by atoms with Gasteiger partial charge >= 0.3 is 0 Å². The molecule has 1 fully saturated rings. The van der Waals surface area contributed by atoms with Crippen LogP contribution in [0.25, 0.3) is 0 Å². The number of allylic oxidation sites excluding steroid dienone is 3. The molecule has 0 amide bonds. The zero-order valence-corrected chi connectivity index (χ0v) is 25.2. The molecular weight excluding hydrogens is 496 g/mol. The number of nitrogens with one attached hydrogen (secondary N) is 1. The number of hydrogen-bond acceptors (Lipinski definition) is 2. The maximum atomic E-state index is 3.57. The first-order valence-electron chi connectivity index (χ1n) is 15.2. The lowest BCUT2D eigenvalue weighted by Crippen LogP contribution is -2.28. The van der Waals surface area contributed by atoms with Crippen LogP contribution in [0.3, 0.4) is 0 Å².